The Morgan fingerprint density at radius 2 is 1.38 bits per heavy atom. The molecular weight excluding hydrogens is 354 g/mol. The predicted molar refractivity (Wildman–Crippen MR) is 123 cm³/mol. The third-order valence-electron chi connectivity index (χ3n) is 5.19. The summed E-state index contributed by atoms with van der Waals surface area (Å²) in [5.74, 6) is 0. The van der Waals surface area contributed by atoms with Gasteiger partial charge in [0, 0.05) is 22.0 Å². The lowest BCUT2D eigenvalue weighted by molar-refractivity contribution is 0.795. The zero-order valence-electron chi connectivity index (χ0n) is 16.7. The van der Waals surface area contributed by atoms with Crippen LogP contribution in [0.1, 0.15) is 25.3 Å². The van der Waals surface area contributed by atoms with Gasteiger partial charge in [0.2, 0.25) is 0 Å². The Labute approximate surface area is 171 Å². The molecule has 0 radical (unpaired) electrons. The second-order valence-electron chi connectivity index (χ2n) is 7.24. The van der Waals surface area contributed by atoms with Gasteiger partial charge in [0.15, 0.2) is 0 Å². The number of benzene rings is 4. The molecular formula is C26H25N3. The van der Waals surface area contributed by atoms with Gasteiger partial charge in [-0.2, -0.15) is 0 Å². The standard InChI is InChI=1S/C26H25N3/c1-2-3-8-19-13-15-20(16-14-19)21-9-6-7-12-25(21)28-29-26-18-17-24(27)22-10-4-5-11-23(22)26/h4-7,9-18H,2-3,8,27H2,1H3. The Morgan fingerprint density at radius 3 is 2.17 bits per heavy atom. The molecule has 0 heterocycles. The van der Waals surface area contributed by atoms with Crippen molar-refractivity contribution in [3.8, 4) is 11.1 Å². The summed E-state index contributed by atoms with van der Waals surface area (Å²) in [5, 5.41) is 11.2. The number of hydrogen-bond donors (Lipinski definition) is 1. The summed E-state index contributed by atoms with van der Waals surface area (Å²) in [5.41, 5.74) is 12.1. The van der Waals surface area contributed by atoms with Crippen molar-refractivity contribution in [3.05, 3.63) is 90.5 Å². The minimum Gasteiger partial charge on any atom is -0.398 e. The van der Waals surface area contributed by atoms with E-state index in [9.17, 15) is 0 Å². The molecule has 0 aliphatic rings. The summed E-state index contributed by atoms with van der Waals surface area (Å²) < 4.78 is 0. The zero-order valence-corrected chi connectivity index (χ0v) is 16.7. The second-order valence-corrected chi connectivity index (χ2v) is 7.24. The second kappa shape index (κ2) is 8.70. The van der Waals surface area contributed by atoms with Crippen molar-refractivity contribution in [2.24, 2.45) is 10.2 Å². The van der Waals surface area contributed by atoms with Crippen LogP contribution in [0.5, 0.6) is 0 Å². The largest absolute Gasteiger partial charge is 0.398 e. The smallest absolute Gasteiger partial charge is 0.0936 e. The fourth-order valence-electron chi connectivity index (χ4n) is 3.54. The number of nitrogen functional groups attached to an aromatic ring is 1. The first-order valence-electron chi connectivity index (χ1n) is 10.1. The van der Waals surface area contributed by atoms with E-state index in [1.54, 1.807) is 0 Å². The van der Waals surface area contributed by atoms with Crippen molar-refractivity contribution >= 4 is 27.8 Å². The Bertz CT molecular complexity index is 1140. The van der Waals surface area contributed by atoms with Gasteiger partial charge in [-0.3, -0.25) is 0 Å². The number of hydrogen-bond acceptors (Lipinski definition) is 3. The Balaban J connectivity index is 1.67. The molecule has 0 aliphatic carbocycles. The first kappa shape index (κ1) is 18.9. The van der Waals surface area contributed by atoms with E-state index in [1.165, 1.54) is 18.4 Å². The fraction of sp³-hybridized carbons (Fsp3) is 0.154. The van der Waals surface area contributed by atoms with Gasteiger partial charge < -0.3 is 5.73 Å². The van der Waals surface area contributed by atoms with Crippen LogP contribution in [-0.4, -0.2) is 0 Å². The molecule has 0 saturated heterocycles. The van der Waals surface area contributed by atoms with Crippen molar-refractivity contribution in [2.75, 3.05) is 5.73 Å². The number of azo groups is 1. The van der Waals surface area contributed by atoms with Gasteiger partial charge in [0.1, 0.15) is 0 Å². The molecule has 3 heteroatoms. The number of nitrogens with two attached hydrogens (primary N) is 1. The number of fused-ring (bicyclic) bond motifs is 1. The fourth-order valence-corrected chi connectivity index (χ4v) is 3.54. The van der Waals surface area contributed by atoms with Crippen molar-refractivity contribution < 1.29 is 0 Å². The minimum atomic E-state index is 0.753. The number of rotatable bonds is 6. The summed E-state index contributed by atoms with van der Waals surface area (Å²) in [4.78, 5) is 0. The zero-order chi connectivity index (χ0) is 20.1. The van der Waals surface area contributed by atoms with E-state index in [0.29, 0.717) is 0 Å². The van der Waals surface area contributed by atoms with E-state index >= 15 is 0 Å². The highest BCUT2D eigenvalue weighted by atomic mass is 15.1. The summed E-state index contributed by atoms with van der Waals surface area (Å²) in [6.45, 7) is 2.22. The van der Waals surface area contributed by atoms with E-state index in [-0.39, 0.29) is 0 Å². The molecule has 0 amide bonds. The van der Waals surface area contributed by atoms with Crippen molar-refractivity contribution in [3.63, 3.8) is 0 Å². The number of unbranched alkanes of at least 4 members (excludes halogenated alkanes) is 1. The van der Waals surface area contributed by atoms with Crippen LogP contribution in [0.4, 0.5) is 17.1 Å². The monoisotopic (exact) mass is 379 g/mol. The maximum absolute atomic E-state index is 6.10. The molecule has 4 rings (SSSR count). The van der Waals surface area contributed by atoms with Crippen LogP contribution in [0.3, 0.4) is 0 Å². The van der Waals surface area contributed by atoms with Gasteiger partial charge in [-0.05, 0) is 42.2 Å². The van der Waals surface area contributed by atoms with Gasteiger partial charge in [-0.25, -0.2) is 0 Å². The SMILES string of the molecule is CCCCc1ccc(-c2ccccc2N=Nc2ccc(N)c3ccccc23)cc1. The lowest BCUT2D eigenvalue weighted by Gasteiger charge is -2.07. The van der Waals surface area contributed by atoms with Gasteiger partial charge in [-0.15, -0.1) is 10.2 Å². The molecule has 0 atom stereocenters. The minimum absolute atomic E-state index is 0.753. The van der Waals surface area contributed by atoms with Crippen LogP contribution < -0.4 is 5.73 Å². The lowest BCUT2D eigenvalue weighted by atomic mass is 10.0. The highest BCUT2D eigenvalue weighted by Gasteiger charge is 2.06. The molecule has 0 aliphatic heterocycles. The van der Waals surface area contributed by atoms with E-state index in [2.05, 4.69) is 47.5 Å². The number of aryl methyl sites for hydroxylation is 1. The molecule has 3 nitrogen and oxygen atoms in total. The number of anilines is 1. The van der Waals surface area contributed by atoms with Gasteiger partial charge in [-0.1, -0.05) is 80.1 Å². The topological polar surface area (TPSA) is 50.7 Å². The quantitative estimate of drug-likeness (QED) is 0.269. The van der Waals surface area contributed by atoms with Crippen LogP contribution in [0, 0.1) is 0 Å². The summed E-state index contributed by atoms with van der Waals surface area (Å²) in [6.07, 6.45) is 3.56. The van der Waals surface area contributed by atoms with E-state index in [0.717, 1.165) is 45.4 Å². The predicted octanol–water partition coefficient (Wildman–Crippen LogP) is 7.85. The average molecular weight is 380 g/mol. The van der Waals surface area contributed by atoms with Crippen LogP contribution in [0.2, 0.25) is 0 Å². The molecule has 0 unspecified atom stereocenters. The summed E-state index contributed by atoms with van der Waals surface area (Å²) >= 11 is 0. The van der Waals surface area contributed by atoms with Crippen LogP contribution in [0.25, 0.3) is 21.9 Å². The molecule has 2 N–H and O–H groups in total. The first-order valence-corrected chi connectivity index (χ1v) is 10.1. The third-order valence-corrected chi connectivity index (χ3v) is 5.19. The molecule has 4 aromatic carbocycles. The van der Waals surface area contributed by atoms with Gasteiger partial charge >= 0.3 is 0 Å². The molecule has 0 saturated carbocycles. The molecule has 0 spiro atoms. The van der Waals surface area contributed by atoms with E-state index < -0.39 is 0 Å². The third kappa shape index (κ3) is 4.19. The highest BCUT2D eigenvalue weighted by molar-refractivity contribution is 6.00. The van der Waals surface area contributed by atoms with Gasteiger partial charge in [0.05, 0.1) is 11.4 Å². The van der Waals surface area contributed by atoms with Crippen LogP contribution in [0.15, 0.2) is 95.2 Å². The van der Waals surface area contributed by atoms with Crippen molar-refractivity contribution in [2.45, 2.75) is 26.2 Å². The molecule has 144 valence electrons. The maximum atomic E-state index is 6.10. The van der Waals surface area contributed by atoms with E-state index in [1.807, 2.05) is 54.6 Å². The molecule has 29 heavy (non-hydrogen) atoms. The first-order chi connectivity index (χ1) is 14.3. The van der Waals surface area contributed by atoms with Crippen molar-refractivity contribution in [1.29, 1.82) is 0 Å². The Kier molecular flexibility index (Phi) is 5.66. The van der Waals surface area contributed by atoms with Gasteiger partial charge in [0.25, 0.3) is 0 Å². The van der Waals surface area contributed by atoms with Crippen LogP contribution in [-0.2, 0) is 6.42 Å². The normalized spacial score (nSPS) is 11.3. The molecule has 0 aromatic heterocycles. The lowest BCUT2D eigenvalue weighted by Crippen LogP contribution is -1.86. The number of nitrogens with zero attached hydrogens (tertiary/aromatic N) is 2. The van der Waals surface area contributed by atoms with Crippen LogP contribution >= 0.6 is 0 Å². The molecule has 0 bridgehead atoms. The molecule has 0 fully saturated rings. The molecule has 4 aromatic rings. The van der Waals surface area contributed by atoms with Crippen molar-refractivity contribution in [1.82, 2.24) is 0 Å². The Hall–Kier alpha value is -3.46. The maximum Gasteiger partial charge on any atom is 0.0936 e. The Morgan fingerprint density at radius 1 is 0.690 bits per heavy atom. The summed E-state index contributed by atoms with van der Waals surface area (Å²) in [7, 11) is 0. The average Bonchev–Trinajstić information content (AvgIpc) is 2.78. The highest BCUT2D eigenvalue weighted by Crippen LogP contribution is 2.34. The summed E-state index contributed by atoms with van der Waals surface area (Å²) in [6, 6.07) is 28.7. The van der Waals surface area contributed by atoms with E-state index in [4.69, 9.17) is 5.73 Å².